The Morgan fingerprint density at radius 3 is 2.75 bits per heavy atom. The summed E-state index contributed by atoms with van der Waals surface area (Å²) in [5.41, 5.74) is 1.05. The first-order valence-corrected chi connectivity index (χ1v) is 3.38. The number of hydrogen-bond donors (Lipinski definition) is 1. The van der Waals surface area contributed by atoms with E-state index in [2.05, 4.69) is 0 Å². The zero-order valence-electron chi connectivity index (χ0n) is 6.53. The Morgan fingerprint density at radius 2 is 2.25 bits per heavy atom. The minimum atomic E-state index is -0.107. The Bertz CT molecular complexity index is 364. The molecule has 1 N–H and O–H groups in total. The van der Waals surface area contributed by atoms with Gasteiger partial charge in [-0.25, -0.2) is 0 Å². The summed E-state index contributed by atoms with van der Waals surface area (Å²) in [4.78, 5) is 10.3. The van der Waals surface area contributed by atoms with Crippen LogP contribution in [0.5, 0.6) is 5.75 Å². The van der Waals surface area contributed by atoms with E-state index in [9.17, 15) is 9.90 Å². The molecule has 0 aliphatic heterocycles. The fourth-order valence-electron chi connectivity index (χ4n) is 0.937. The number of hydrogen-bond acceptors (Lipinski definition) is 3. The average Bonchev–Trinajstić information content (AvgIpc) is 2.10. The minimum Gasteiger partial charge on any atom is -0.507 e. The Kier molecular flexibility index (Phi) is 2.11. The van der Waals surface area contributed by atoms with E-state index in [1.54, 1.807) is 6.92 Å². The van der Waals surface area contributed by atoms with Crippen molar-refractivity contribution in [2.45, 2.75) is 6.92 Å². The SMILES string of the molecule is Cc1c(C#N)ccc(C=O)c1O. The molecule has 0 aliphatic rings. The van der Waals surface area contributed by atoms with Crippen molar-refractivity contribution in [1.82, 2.24) is 0 Å². The first kappa shape index (κ1) is 8.28. The van der Waals surface area contributed by atoms with E-state index in [-0.39, 0.29) is 11.3 Å². The summed E-state index contributed by atoms with van der Waals surface area (Å²) in [5, 5.41) is 17.9. The van der Waals surface area contributed by atoms with Crippen LogP contribution in [0.4, 0.5) is 0 Å². The van der Waals surface area contributed by atoms with Gasteiger partial charge in [-0.05, 0) is 19.1 Å². The highest BCUT2D eigenvalue weighted by atomic mass is 16.3. The van der Waals surface area contributed by atoms with Gasteiger partial charge in [-0.2, -0.15) is 5.26 Å². The molecule has 0 saturated heterocycles. The molecule has 1 aromatic rings. The number of nitriles is 1. The normalized spacial score (nSPS) is 9.00. The maximum Gasteiger partial charge on any atom is 0.153 e. The molecule has 0 radical (unpaired) electrons. The topological polar surface area (TPSA) is 61.1 Å². The van der Waals surface area contributed by atoms with Gasteiger partial charge >= 0.3 is 0 Å². The summed E-state index contributed by atoms with van der Waals surface area (Å²) < 4.78 is 0. The Labute approximate surface area is 69.9 Å². The Hall–Kier alpha value is -1.82. The molecule has 12 heavy (non-hydrogen) atoms. The standard InChI is InChI=1S/C9H7NO2/c1-6-7(4-10)2-3-8(5-11)9(6)12/h2-3,5,12H,1H3. The van der Waals surface area contributed by atoms with E-state index < -0.39 is 0 Å². The summed E-state index contributed by atoms with van der Waals surface area (Å²) in [6.07, 6.45) is 0.559. The lowest BCUT2D eigenvalue weighted by Gasteiger charge is -2.02. The fraction of sp³-hybridized carbons (Fsp3) is 0.111. The van der Waals surface area contributed by atoms with Gasteiger partial charge in [0, 0.05) is 5.56 Å². The van der Waals surface area contributed by atoms with Gasteiger partial charge in [0.1, 0.15) is 5.75 Å². The van der Waals surface area contributed by atoms with Crippen LogP contribution in [-0.2, 0) is 0 Å². The molecule has 0 bridgehead atoms. The van der Waals surface area contributed by atoms with Crippen LogP contribution < -0.4 is 0 Å². The number of carbonyl (C=O) groups excluding carboxylic acids is 1. The van der Waals surface area contributed by atoms with Crippen LogP contribution in [0.1, 0.15) is 21.5 Å². The number of carbonyl (C=O) groups is 1. The van der Waals surface area contributed by atoms with Crippen molar-refractivity contribution >= 4 is 6.29 Å². The minimum absolute atomic E-state index is 0.107. The summed E-state index contributed by atoms with van der Waals surface area (Å²) in [6.45, 7) is 1.60. The van der Waals surface area contributed by atoms with E-state index in [4.69, 9.17) is 5.26 Å². The first-order chi connectivity index (χ1) is 5.70. The van der Waals surface area contributed by atoms with Gasteiger partial charge in [-0.15, -0.1) is 0 Å². The molecular weight excluding hydrogens is 154 g/mol. The van der Waals surface area contributed by atoms with Crippen molar-refractivity contribution in [2.75, 3.05) is 0 Å². The van der Waals surface area contributed by atoms with Gasteiger partial charge in [-0.3, -0.25) is 4.79 Å². The highest BCUT2D eigenvalue weighted by Gasteiger charge is 2.06. The van der Waals surface area contributed by atoms with E-state index in [1.807, 2.05) is 6.07 Å². The molecule has 0 heterocycles. The third kappa shape index (κ3) is 1.15. The second-order valence-corrected chi connectivity index (χ2v) is 2.41. The van der Waals surface area contributed by atoms with Gasteiger partial charge in [0.15, 0.2) is 6.29 Å². The molecule has 0 saturated carbocycles. The van der Waals surface area contributed by atoms with Crippen LogP contribution in [0.15, 0.2) is 12.1 Å². The molecule has 3 nitrogen and oxygen atoms in total. The summed E-state index contributed by atoms with van der Waals surface area (Å²) in [6, 6.07) is 4.85. The van der Waals surface area contributed by atoms with E-state index >= 15 is 0 Å². The van der Waals surface area contributed by atoms with Crippen LogP contribution in [0.25, 0.3) is 0 Å². The van der Waals surface area contributed by atoms with Crippen molar-refractivity contribution in [1.29, 1.82) is 5.26 Å². The first-order valence-electron chi connectivity index (χ1n) is 3.38. The summed E-state index contributed by atoms with van der Waals surface area (Å²) in [5.74, 6) is -0.107. The molecule has 60 valence electrons. The lowest BCUT2D eigenvalue weighted by Crippen LogP contribution is -1.88. The zero-order chi connectivity index (χ0) is 9.14. The molecule has 0 aliphatic carbocycles. The third-order valence-electron chi connectivity index (χ3n) is 1.71. The molecule has 3 heteroatoms. The molecule has 0 unspecified atom stereocenters. The number of nitrogens with zero attached hydrogens (tertiary/aromatic N) is 1. The predicted octanol–water partition coefficient (Wildman–Crippen LogP) is 1.38. The van der Waals surface area contributed by atoms with Crippen LogP contribution in [-0.4, -0.2) is 11.4 Å². The number of phenolic OH excluding ortho intramolecular Hbond substituents is 1. The van der Waals surface area contributed by atoms with E-state index in [0.717, 1.165) is 0 Å². The van der Waals surface area contributed by atoms with Crippen LogP contribution >= 0.6 is 0 Å². The van der Waals surface area contributed by atoms with E-state index in [1.165, 1.54) is 12.1 Å². The Morgan fingerprint density at radius 1 is 1.58 bits per heavy atom. The van der Waals surface area contributed by atoms with Crippen molar-refractivity contribution in [3.63, 3.8) is 0 Å². The molecule has 0 atom stereocenters. The van der Waals surface area contributed by atoms with Gasteiger partial charge in [0.25, 0.3) is 0 Å². The molecule has 0 spiro atoms. The van der Waals surface area contributed by atoms with Gasteiger partial charge < -0.3 is 5.11 Å². The predicted molar refractivity (Wildman–Crippen MR) is 42.9 cm³/mol. The average molecular weight is 161 g/mol. The smallest absolute Gasteiger partial charge is 0.153 e. The molecular formula is C9H7NO2. The van der Waals surface area contributed by atoms with Crippen LogP contribution in [0.2, 0.25) is 0 Å². The van der Waals surface area contributed by atoms with Gasteiger partial charge in [0.2, 0.25) is 0 Å². The number of aromatic hydroxyl groups is 1. The number of aldehydes is 1. The lowest BCUT2D eigenvalue weighted by atomic mass is 10.1. The van der Waals surface area contributed by atoms with Crippen molar-refractivity contribution in [2.24, 2.45) is 0 Å². The zero-order valence-corrected chi connectivity index (χ0v) is 6.53. The fourth-order valence-corrected chi connectivity index (χ4v) is 0.937. The summed E-state index contributed by atoms with van der Waals surface area (Å²) >= 11 is 0. The van der Waals surface area contributed by atoms with Crippen molar-refractivity contribution in [3.05, 3.63) is 28.8 Å². The monoisotopic (exact) mass is 161 g/mol. The highest BCUT2D eigenvalue weighted by molar-refractivity contribution is 5.80. The quantitative estimate of drug-likeness (QED) is 0.633. The number of phenols is 1. The lowest BCUT2D eigenvalue weighted by molar-refractivity contribution is 0.112. The summed E-state index contributed by atoms with van der Waals surface area (Å²) in [7, 11) is 0. The largest absolute Gasteiger partial charge is 0.507 e. The second-order valence-electron chi connectivity index (χ2n) is 2.41. The molecule has 1 aromatic carbocycles. The molecule has 0 aromatic heterocycles. The molecule has 0 amide bonds. The molecule has 0 fully saturated rings. The second kappa shape index (κ2) is 3.05. The molecule has 1 rings (SSSR count). The van der Waals surface area contributed by atoms with Crippen molar-refractivity contribution in [3.8, 4) is 11.8 Å². The maximum absolute atomic E-state index is 10.3. The van der Waals surface area contributed by atoms with Crippen LogP contribution in [0, 0.1) is 18.3 Å². The van der Waals surface area contributed by atoms with Gasteiger partial charge in [-0.1, -0.05) is 0 Å². The Balaban J connectivity index is 3.41. The number of rotatable bonds is 1. The maximum atomic E-state index is 10.3. The van der Waals surface area contributed by atoms with Crippen molar-refractivity contribution < 1.29 is 9.90 Å². The third-order valence-corrected chi connectivity index (χ3v) is 1.71. The number of benzene rings is 1. The highest BCUT2D eigenvalue weighted by Crippen LogP contribution is 2.23. The van der Waals surface area contributed by atoms with Gasteiger partial charge in [0.05, 0.1) is 17.2 Å². The van der Waals surface area contributed by atoms with E-state index in [0.29, 0.717) is 17.4 Å². The van der Waals surface area contributed by atoms with Crippen LogP contribution in [0.3, 0.4) is 0 Å².